The summed E-state index contributed by atoms with van der Waals surface area (Å²) in [4.78, 5) is 36.5. The molecule has 0 aliphatic rings. The van der Waals surface area contributed by atoms with Gasteiger partial charge in [-0.2, -0.15) is 0 Å². The van der Waals surface area contributed by atoms with E-state index in [1.807, 2.05) is 0 Å². The van der Waals surface area contributed by atoms with Crippen molar-refractivity contribution >= 4 is 18.0 Å². The van der Waals surface area contributed by atoms with Crippen LogP contribution in [0.4, 0.5) is 4.79 Å². The monoisotopic (exact) mass is 345 g/mol. The van der Waals surface area contributed by atoms with Crippen molar-refractivity contribution in [2.45, 2.75) is 65.9 Å². The maximum absolute atomic E-state index is 12.2. The lowest BCUT2D eigenvalue weighted by Crippen LogP contribution is -2.38. The first-order valence-electron chi connectivity index (χ1n) is 8.48. The van der Waals surface area contributed by atoms with E-state index in [2.05, 4.69) is 0 Å². The largest absolute Gasteiger partial charge is 0.466 e. The van der Waals surface area contributed by atoms with Crippen LogP contribution in [0, 0.1) is 0 Å². The molecule has 0 aliphatic heterocycles. The van der Waals surface area contributed by atoms with Crippen molar-refractivity contribution in [1.29, 1.82) is 0 Å². The van der Waals surface area contributed by atoms with E-state index in [4.69, 9.17) is 14.2 Å². The summed E-state index contributed by atoms with van der Waals surface area (Å²) in [6.07, 6.45) is 1.00. The molecule has 0 spiro atoms. The predicted molar refractivity (Wildman–Crippen MR) is 89.5 cm³/mol. The van der Waals surface area contributed by atoms with Crippen LogP contribution in [0.5, 0.6) is 0 Å². The van der Waals surface area contributed by atoms with Crippen LogP contribution in [0.2, 0.25) is 0 Å². The molecule has 0 atom stereocenters. The van der Waals surface area contributed by atoms with Crippen LogP contribution in [0.25, 0.3) is 0 Å². The maximum Gasteiger partial charge on any atom is 0.410 e. The van der Waals surface area contributed by atoms with Crippen molar-refractivity contribution in [2.75, 3.05) is 26.3 Å². The van der Waals surface area contributed by atoms with E-state index >= 15 is 0 Å². The van der Waals surface area contributed by atoms with Gasteiger partial charge >= 0.3 is 18.0 Å². The van der Waals surface area contributed by atoms with E-state index in [-0.39, 0.29) is 24.8 Å². The normalized spacial score (nSPS) is 10.9. The van der Waals surface area contributed by atoms with Gasteiger partial charge in [0.25, 0.3) is 0 Å². The SMILES string of the molecule is CCOC(=O)CCCN(CCCC(=O)OCC)C(=O)OC(C)(C)C. The van der Waals surface area contributed by atoms with E-state index in [0.29, 0.717) is 39.1 Å². The first-order chi connectivity index (χ1) is 11.2. The van der Waals surface area contributed by atoms with Gasteiger partial charge < -0.3 is 19.1 Å². The van der Waals surface area contributed by atoms with Gasteiger partial charge in [0.2, 0.25) is 0 Å². The summed E-state index contributed by atoms with van der Waals surface area (Å²) >= 11 is 0. The lowest BCUT2D eigenvalue weighted by Gasteiger charge is -2.27. The number of carbonyl (C=O) groups excluding carboxylic acids is 3. The highest BCUT2D eigenvalue weighted by Gasteiger charge is 2.22. The van der Waals surface area contributed by atoms with Gasteiger partial charge in [0, 0.05) is 25.9 Å². The first kappa shape index (κ1) is 22.2. The Morgan fingerprint density at radius 1 is 0.833 bits per heavy atom. The van der Waals surface area contributed by atoms with Crippen molar-refractivity contribution in [1.82, 2.24) is 4.90 Å². The number of esters is 2. The second kappa shape index (κ2) is 11.7. The van der Waals surface area contributed by atoms with Crippen LogP contribution < -0.4 is 0 Å². The van der Waals surface area contributed by atoms with Crippen molar-refractivity contribution < 1.29 is 28.6 Å². The van der Waals surface area contributed by atoms with Crippen LogP contribution in [0.15, 0.2) is 0 Å². The minimum absolute atomic E-state index is 0.241. The molecule has 0 saturated heterocycles. The molecule has 0 unspecified atom stereocenters. The van der Waals surface area contributed by atoms with E-state index < -0.39 is 11.7 Å². The highest BCUT2D eigenvalue weighted by molar-refractivity contribution is 5.71. The third-order valence-corrected chi connectivity index (χ3v) is 2.88. The second-order valence-corrected chi connectivity index (χ2v) is 6.28. The van der Waals surface area contributed by atoms with Crippen molar-refractivity contribution in [2.24, 2.45) is 0 Å². The Labute approximate surface area is 144 Å². The summed E-state index contributed by atoms with van der Waals surface area (Å²) in [7, 11) is 0. The van der Waals surface area contributed by atoms with E-state index in [1.54, 1.807) is 34.6 Å². The molecule has 0 fully saturated rings. The van der Waals surface area contributed by atoms with Crippen LogP contribution >= 0.6 is 0 Å². The second-order valence-electron chi connectivity index (χ2n) is 6.28. The van der Waals surface area contributed by atoms with Gasteiger partial charge in [-0.3, -0.25) is 9.59 Å². The summed E-state index contributed by atoms with van der Waals surface area (Å²) < 4.78 is 15.1. The molecule has 0 bridgehead atoms. The fourth-order valence-electron chi connectivity index (χ4n) is 1.92. The van der Waals surface area contributed by atoms with Crippen molar-refractivity contribution in [3.05, 3.63) is 0 Å². The third-order valence-electron chi connectivity index (χ3n) is 2.88. The van der Waals surface area contributed by atoms with E-state index in [1.165, 1.54) is 4.90 Å². The Bertz CT molecular complexity index is 378. The molecule has 0 heterocycles. The average Bonchev–Trinajstić information content (AvgIpc) is 2.44. The molecular formula is C17H31NO6. The zero-order valence-electron chi connectivity index (χ0n) is 15.6. The number of carbonyl (C=O) groups is 3. The number of ether oxygens (including phenoxy) is 3. The van der Waals surface area contributed by atoms with Gasteiger partial charge in [-0.1, -0.05) is 0 Å². The molecule has 0 radical (unpaired) electrons. The minimum Gasteiger partial charge on any atom is -0.466 e. The lowest BCUT2D eigenvalue weighted by molar-refractivity contribution is -0.144. The zero-order valence-corrected chi connectivity index (χ0v) is 15.6. The Hall–Kier alpha value is -1.79. The minimum atomic E-state index is -0.600. The highest BCUT2D eigenvalue weighted by Crippen LogP contribution is 2.12. The standard InChI is InChI=1S/C17H31NO6/c1-6-22-14(19)10-8-12-18(16(21)24-17(3,4)5)13-9-11-15(20)23-7-2/h6-13H2,1-5H3. The summed E-state index contributed by atoms with van der Waals surface area (Å²) in [6.45, 7) is 10.3. The maximum atomic E-state index is 12.2. The van der Waals surface area contributed by atoms with Crippen LogP contribution in [0.3, 0.4) is 0 Å². The fraction of sp³-hybridized carbons (Fsp3) is 0.824. The molecule has 0 aromatic rings. The number of hydrogen-bond acceptors (Lipinski definition) is 6. The summed E-state index contributed by atoms with van der Waals surface area (Å²) in [6, 6.07) is 0. The van der Waals surface area contributed by atoms with Gasteiger partial charge in [0.1, 0.15) is 5.60 Å². The van der Waals surface area contributed by atoms with Gasteiger partial charge in [-0.25, -0.2) is 4.79 Å². The van der Waals surface area contributed by atoms with Gasteiger partial charge in [-0.15, -0.1) is 0 Å². The Kier molecular flexibility index (Phi) is 10.8. The molecule has 0 rings (SSSR count). The topological polar surface area (TPSA) is 82.1 Å². The molecule has 0 aliphatic carbocycles. The lowest BCUT2D eigenvalue weighted by atomic mass is 10.2. The Balaban J connectivity index is 4.45. The van der Waals surface area contributed by atoms with Crippen LogP contribution in [-0.2, 0) is 23.8 Å². The predicted octanol–water partition coefficient (Wildman–Crippen LogP) is 2.91. The zero-order chi connectivity index (χ0) is 18.6. The molecule has 140 valence electrons. The highest BCUT2D eigenvalue weighted by atomic mass is 16.6. The first-order valence-corrected chi connectivity index (χ1v) is 8.48. The molecule has 0 N–H and O–H groups in total. The summed E-state index contributed by atoms with van der Waals surface area (Å²) in [5.74, 6) is -0.568. The van der Waals surface area contributed by atoms with E-state index in [9.17, 15) is 14.4 Å². The smallest absolute Gasteiger partial charge is 0.410 e. The molecule has 0 aromatic heterocycles. The Morgan fingerprint density at radius 3 is 1.58 bits per heavy atom. The van der Waals surface area contributed by atoms with Crippen LogP contribution in [-0.4, -0.2) is 54.8 Å². The van der Waals surface area contributed by atoms with Gasteiger partial charge in [-0.05, 0) is 47.5 Å². The van der Waals surface area contributed by atoms with Crippen LogP contribution in [0.1, 0.15) is 60.3 Å². The van der Waals surface area contributed by atoms with Gasteiger partial charge in [0.15, 0.2) is 0 Å². The van der Waals surface area contributed by atoms with Gasteiger partial charge in [0.05, 0.1) is 13.2 Å². The molecule has 7 heteroatoms. The molecular weight excluding hydrogens is 314 g/mol. The van der Waals surface area contributed by atoms with Crippen molar-refractivity contribution in [3.63, 3.8) is 0 Å². The fourth-order valence-corrected chi connectivity index (χ4v) is 1.92. The molecule has 7 nitrogen and oxygen atoms in total. The number of hydrogen-bond donors (Lipinski definition) is 0. The quantitative estimate of drug-likeness (QED) is 0.447. The average molecular weight is 345 g/mol. The molecule has 0 aromatic carbocycles. The number of rotatable bonds is 10. The summed E-state index contributed by atoms with van der Waals surface area (Å²) in [5.41, 5.74) is -0.600. The summed E-state index contributed by atoms with van der Waals surface area (Å²) in [5, 5.41) is 0. The third kappa shape index (κ3) is 11.7. The molecule has 1 amide bonds. The van der Waals surface area contributed by atoms with Crippen molar-refractivity contribution in [3.8, 4) is 0 Å². The number of amides is 1. The molecule has 24 heavy (non-hydrogen) atoms. The number of nitrogens with zero attached hydrogens (tertiary/aromatic N) is 1. The van der Waals surface area contributed by atoms with E-state index in [0.717, 1.165) is 0 Å². The molecule has 0 saturated carbocycles. The Morgan fingerprint density at radius 2 is 1.25 bits per heavy atom.